The van der Waals surface area contributed by atoms with Crippen LogP contribution in [-0.2, 0) is 15.0 Å². The molecule has 0 aliphatic heterocycles. The maximum Gasteiger partial charge on any atom is 0.210 e. The molecule has 2 unspecified atom stereocenters. The van der Waals surface area contributed by atoms with Crippen LogP contribution in [0.2, 0.25) is 0 Å². The van der Waals surface area contributed by atoms with Crippen LogP contribution in [0.25, 0.3) is 0 Å². The van der Waals surface area contributed by atoms with E-state index in [1.165, 1.54) is 0 Å². The minimum atomic E-state index is -1.09. The maximum atomic E-state index is 13.8. The van der Waals surface area contributed by atoms with Crippen LogP contribution in [0.1, 0.15) is 71.0 Å². The topological polar surface area (TPSA) is 68.3 Å². The molecule has 5 rings (SSSR count). The molecular weight excluding hydrogens is 424 g/mol. The van der Waals surface area contributed by atoms with Crippen molar-refractivity contribution >= 4 is 23.1 Å². The summed E-state index contributed by atoms with van der Waals surface area (Å²) in [6.45, 7) is 5.79. The third-order valence-electron chi connectivity index (χ3n) is 8.60. The minimum Gasteiger partial charge on any atom is -0.290 e. The fourth-order valence-electron chi connectivity index (χ4n) is 6.11. The molecule has 2 aliphatic carbocycles. The van der Waals surface area contributed by atoms with Gasteiger partial charge in [0.05, 0.1) is 5.41 Å². The Labute approximate surface area is 199 Å². The number of fused-ring (bicyclic) bond motifs is 2. The van der Waals surface area contributed by atoms with Gasteiger partial charge in [-0.05, 0) is 29.9 Å². The van der Waals surface area contributed by atoms with Gasteiger partial charge < -0.3 is 0 Å². The molecule has 170 valence electrons. The standard InChI is InChI=1S/C30H26O4/c1-28(2)29(3)16-17-30(28,27(34)26(29)33)23-15-14-21(24(31)19-10-6-4-7-11-19)18-22(23)25(32)20-12-8-5-9-13-20/h4-15,18H,16-17H2,1-3H3. The second-order valence-electron chi connectivity index (χ2n) is 10.2. The van der Waals surface area contributed by atoms with Crippen molar-refractivity contribution < 1.29 is 19.2 Å². The lowest BCUT2D eigenvalue weighted by Crippen LogP contribution is -2.43. The molecule has 3 aromatic rings. The lowest BCUT2D eigenvalue weighted by Gasteiger charge is -2.39. The molecule has 4 nitrogen and oxygen atoms in total. The first-order valence-electron chi connectivity index (χ1n) is 11.6. The highest BCUT2D eigenvalue weighted by molar-refractivity contribution is 6.46. The molecule has 0 N–H and O–H groups in total. The molecule has 34 heavy (non-hydrogen) atoms. The first-order valence-corrected chi connectivity index (χ1v) is 11.6. The number of Topliss-reactive ketones (excluding diaryl/α,β-unsaturated/α-hetero) is 2. The monoisotopic (exact) mass is 450 g/mol. The molecular formula is C30H26O4. The Morgan fingerprint density at radius 3 is 1.74 bits per heavy atom. The van der Waals surface area contributed by atoms with Gasteiger partial charge in [0, 0.05) is 27.7 Å². The average Bonchev–Trinajstić information content (AvgIpc) is 3.14. The van der Waals surface area contributed by atoms with E-state index < -0.39 is 22.0 Å². The van der Waals surface area contributed by atoms with Crippen molar-refractivity contribution in [2.75, 3.05) is 0 Å². The Bertz CT molecular complexity index is 1350. The summed E-state index contributed by atoms with van der Waals surface area (Å²) >= 11 is 0. The first kappa shape index (κ1) is 22.1. The SMILES string of the molecule is CC12CCC(c3ccc(C(=O)c4ccccc4)cc3C(=O)c3ccccc3)(C(=O)C1=O)C2(C)C. The third kappa shape index (κ3) is 2.71. The Hall–Kier alpha value is -3.66. The van der Waals surface area contributed by atoms with Gasteiger partial charge in [0.25, 0.3) is 0 Å². The summed E-state index contributed by atoms with van der Waals surface area (Å²) in [5.41, 5.74) is -0.287. The fourth-order valence-corrected chi connectivity index (χ4v) is 6.11. The van der Waals surface area contributed by atoms with Crippen LogP contribution in [0.4, 0.5) is 0 Å². The van der Waals surface area contributed by atoms with Gasteiger partial charge in [-0.15, -0.1) is 0 Å². The average molecular weight is 451 g/mol. The highest BCUT2D eigenvalue weighted by atomic mass is 16.2. The second-order valence-corrected chi connectivity index (χ2v) is 10.2. The van der Waals surface area contributed by atoms with Gasteiger partial charge in [-0.2, -0.15) is 0 Å². The molecule has 0 radical (unpaired) electrons. The fraction of sp³-hybridized carbons (Fsp3) is 0.267. The van der Waals surface area contributed by atoms with Crippen LogP contribution >= 0.6 is 0 Å². The van der Waals surface area contributed by atoms with Gasteiger partial charge in [0.1, 0.15) is 0 Å². The zero-order valence-corrected chi connectivity index (χ0v) is 19.6. The van der Waals surface area contributed by atoms with Gasteiger partial charge in [-0.3, -0.25) is 19.2 Å². The summed E-state index contributed by atoms with van der Waals surface area (Å²) in [6, 6.07) is 22.8. The molecule has 2 aliphatic rings. The van der Waals surface area contributed by atoms with E-state index in [2.05, 4.69) is 0 Å². The van der Waals surface area contributed by atoms with Crippen molar-refractivity contribution in [2.24, 2.45) is 10.8 Å². The zero-order chi connectivity index (χ0) is 24.3. The predicted octanol–water partition coefficient (Wildman–Crippen LogP) is 5.36. The van der Waals surface area contributed by atoms with Crippen molar-refractivity contribution in [1.29, 1.82) is 0 Å². The van der Waals surface area contributed by atoms with Crippen molar-refractivity contribution in [3.63, 3.8) is 0 Å². The molecule has 2 bridgehead atoms. The van der Waals surface area contributed by atoms with E-state index in [-0.39, 0.29) is 17.3 Å². The van der Waals surface area contributed by atoms with Gasteiger partial charge in [-0.1, -0.05) is 93.6 Å². The van der Waals surface area contributed by atoms with E-state index in [4.69, 9.17) is 0 Å². The molecule has 0 amide bonds. The van der Waals surface area contributed by atoms with E-state index in [1.54, 1.807) is 66.7 Å². The van der Waals surface area contributed by atoms with E-state index in [9.17, 15) is 19.2 Å². The van der Waals surface area contributed by atoms with Crippen molar-refractivity contribution in [3.8, 4) is 0 Å². The Balaban J connectivity index is 1.74. The van der Waals surface area contributed by atoms with Crippen molar-refractivity contribution in [2.45, 2.75) is 39.0 Å². The smallest absolute Gasteiger partial charge is 0.210 e. The van der Waals surface area contributed by atoms with Crippen molar-refractivity contribution in [1.82, 2.24) is 0 Å². The van der Waals surface area contributed by atoms with Crippen molar-refractivity contribution in [3.05, 3.63) is 107 Å². The van der Waals surface area contributed by atoms with Gasteiger partial charge in [0.15, 0.2) is 11.6 Å². The van der Waals surface area contributed by atoms with E-state index >= 15 is 0 Å². The summed E-state index contributed by atoms with van der Waals surface area (Å²) in [7, 11) is 0. The number of hydrogen-bond donors (Lipinski definition) is 0. The van der Waals surface area contributed by atoms with Gasteiger partial charge in [0.2, 0.25) is 11.6 Å². The summed E-state index contributed by atoms with van der Waals surface area (Å²) in [5.74, 6) is -1.23. The number of carbonyl (C=O) groups excluding carboxylic acids is 4. The number of rotatable bonds is 5. The van der Waals surface area contributed by atoms with Crippen LogP contribution in [0.3, 0.4) is 0 Å². The van der Waals surface area contributed by atoms with Gasteiger partial charge >= 0.3 is 0 Å². The molecule has 4 heteroatoms. The highest BCUT2D eigenvalue weighted by Crippen LogP contribution is 2.69. The maximum absolute atomic E-state index is 13.8. The van der Waals surface area contributed by atoms with Crippen LogP contribution in [-0.4, -0.2) is 23.1 Å². The lowest BCUT2D eigenvalue weighted by molar-refractivity contribution is -0.141. The predicted molar refractivity (Wildman–Crippen MR) is 129 cm³/mol. The normalized spacial score (nSPS) is 24.9. The van der Waals surface area contributed by atoms with Gasteiger partial charge in [-0.25, -0.2) is 0 Å². The van der Waals surface area contributed by atoms with Crippen LogP contribution < -0.4 is 0 Å². The Morgan fingerprint density at radius 1 is 0.647 bits per heavy atom. The van der Waals surface area contributed by atoms with E-state index in [0.717, 1.165) is 0 Å². The van der Waals surface area contributed by atoms with Crippen LogP contribution in [0.5, 0.6) is 0 Å². The number of carbonyl (C=O) groups is 4. The molecule has 0 aromatic heterocycles. The summed E-state index contributed by atoms with van der Waals surface area (Å²) in [4.78, 5) is 53.6. The molecule has 0 heterocycles. The molecule has 0 saturated heterocycles. The molecule has 2 fully saturated rings. The van der Waals surface area contributed by atoms with Crippen LogP contribution in [0, 0.1) is 10.8 Å². The highest BCUT2D eigenvalue weighted by Gasteiger charge is 2.75. The minimum absolute atomic E-state index is 0.198. The number of hydrogen-bond acceptors (Lipinski definition) is 4. The Kier molecular flexibility index (Phi) is 4.84. The summed E-state index contributed by atoms with van der Waals surface area (Å²) in [5, 5.41) is 0. The zero-order valence-electron chi connectivity index (χ0n) is 19.6. The summed E-state index contributed by atoms with van der Waals surface area (Å²) in [6.07, 6.45) is 1.09. The third-order valence-corrected chi connectivity index (χ3v) is 8.60. The number of benzene rings is 3. The molecule has 2 atom stereocenters. The number of ketones is 4. The first-order chi connectivity index (χ1) is 16.1. The summed E-state index contributed by atoms with van der Waals surface area (Å²) < 4.78 is 0. The molecule has 0 spiro atoms. The van der Waals surface area contributed by atoms with E-state index in [1.807, 2.05) is 32.9 Å². The second kappa shape index (κ2) is 7.42. The quantitative estimate of drug-likeness (QED) is 0.387. The molecule has 3 aromatic carbocycles. The largest absolute Gasteiger partial charge is 0.290 e. The van der Waals surface area contributed by atoms with Crippen LogP contribution in [0.15, 0.2) is 78.9 Å². The Morgan fingerprint density at radius 2 is 1.21 bits per heavy atom. The molecule has 2 saturated carbocycles. The lowest BCUT2D eigenvalue weighted by atomic mass is 9.61. The van der Waals surface area contributed by atoms with E-state index in [0.29, 0.717) is 40.7 Å².